The standard InChI is InChI=1S/C20H24N2O2/c1-15-9-11-18(12-10-15)16(2)22(3)20(24)14-21-19(23)13-17-7-5-4-6-8-17/h4-12,16H,13-14H2,1-3H3,(H,21,23). The predicted octanol–water partition coefficient (Wildman–Crippen LogP) is 2.87. The fourth-order valence-corrected chi connectivity index (χ4v) is 2.43. The number of nitrogens with one attached hydrogen (secondary N) is 1. The van der Waals surface area contributed by atoms with Gasteiger partial charge in [0.2, 0.25) is 11.8 Å². The zero-order valence-corrected chi connectivity index (χ0v) is 14.5. The normalized spacial score (nSPS) is 11.6. The number of nitrogens with zero attached hydrogens (tertiary/aromatic N) is 1. The molecule has 0 radical (unpaired) electrons. The minimum Gasteiger partial charge on any atom is -0.347 e. The molecule has 24 heavy (non-hydrogen) atoms. The quantitative estimate of drug-likeness (QED) is 0.888. The molecule has 0 fully saturated rings. The summed E-state index contributed by atoms with van der Waals surface area (Å²) in [5.41, 5.74) is 3.20. The van der Waals surface area contributed by atoms with Crippen LogP contribution in [0.15, 0.2) is 54.6 Å². The molecule has 0 spiro atoms. The molecule has 0 aliphatic carbocycles. The van der Waals surface area contributed by atoms with Crippen molar-refractivity contribution in [3.05, 3.63) is 71.3 Å². The zero-order valence-electron chi connectivity index (χ0n) is 14.5. The van der Waals surface area contributed by atoms with E-state index >= 15 is 0 Å². The van der Waals surface area contributed by atoms with Gasteiger partial charge in [0.25, 0.3) is 0 Å². The van der Waals surface area contributed by atoms with Gasteiger partial charge in [-0.1, -0.05) is 60.2 Å². The van der Waals surface area contributed by atoms with Gasteiger partial charge >= 0.3 is 0 Å². The average molecular weight is 324 g/mol. The number of aryl methyl sites for hydroxylation is 1. The maximum absolute atomic E-state index is 12.3. The van der Waals surface area contributed by atoms with E-state index in [2.05, 4.69) is 5.32 Å². The van der Waals surface area contributed by atoms with E-state index in [1.54, 1.807) is 11.9 Å². The molecule has 2 aromatic carbocycles. The molecule has 0 aliphatic rings. The molecular weight excluding hydrogens is 300 g/mol. The van der Waals surface area contributed by atoms with E-state index in [9.17, 15) is 9.59 Å². The summed E-state index contributed by atoms with van der Waals surface area (Å²) in [6, 6.07) is 17.6. The van der Waals surface area contributed by atoms with E-state index in [0.717, 1.165) is 11.1 Å². The van der Waals surface area contributed by atoms with E-state index in [0.29, 0.717) is 0 Å². The molecule has 4 heteroatoms. The lowest BCUT2D eigenvalue weighted by Crippen LogP contribution is -2.39. The van der Waals surface area contributed by atoms with Crippen LogP contribution in [0.5, 0.6) is 0 Å². The number of likely N-dealkylation sites (N-methyl/N-ethyl adjacent to an activating group) is 1. The van der Waals surface area contributed by atoms with Crippen LogP contribution < -0.4 is 5.32 Å². The van der Waals surface area contributed by atoms with Crippen molar-refractivity contribution >= 4 is 11.8 Å². The Morgan fingerprint density at radius 3 is 2.29 bits per heavy atom. The lowest BCUT2D eigenvalue weighted by Gasteiger charge is -2.25. The monoisotopic (exact) mass is 324 g/mol. The van der Waals surface area contributed by atoms with Crippen molar-refractivity contribution in [1.29, 1.82) is 0 Å². The van der Waals surface area contributed by atoms with Gasteiger partial charge in [0.1, 0.15) is 0 Å². The van der Waals surface area contributed by atoms with Gasteiger partial charge in [-0.3, -0.25) is 9.59 Å². The van der Waals surface area contributed by atoms with E-state index < -0.39 is 0 Å². The smallest absolute Gasteiger partial charge is 0.242 e. The van der Waals surface area contributed by atoms with Crippen LogP contribution in [0.25, 0.3) is 0 Å². The molecule has 0 heterocycles. The Balaban J connectivity index is 1.84. The van der Waals surface area contributed by atoms with E-state index in [1.807, 2.05) is 68.4 Å². The summed E-state index contributed by atoms with van der Waals surface area (Å²) < 4.78 is 0. The Hall–Kier alpha value is -2.62. The Morgan fingerprint density at radius 2 is 1.67 bits per heavy atom. The molecule has 0 bridgehead atoms. The van der Waals surface area contributed by atoms with Gasteiger partial charge < -0.3 is 10.2 Å². The van der Waals surface area contributed by atoms with Crippen molar-refractivity contribution < 1.29 is 9.59 Å². The van der Waals surface area contributed by atoms with Crippen molar-refractivity contribution in [2.45, 2.75) is 26.3 Å². The molecule has 2 amide bonds. The fraction of sp³-hybridized carbons (Fsp3) is 0.300. The van der Waals surface area contributed by atoms with Crippen molar-refractivity contribution in [1.82, 2.24) is 10.2 Å². The molecule has 0 saturated heterocycles. The van der Waals surface area contributed by atoms with Gasteiger partial charge in [-0.25, -0.2) is 0 Å². The fourth-order valence-electron chi connectivity index (χ4n) is 2.43. The summed E-state index contributed by atoms with van der Waals surface area (Å²) in [5, 5.41) is 2.70. The minimum absolute atomic E-state index is 0.0123. The first-order chi connectivity index (χ1) is 11.5. The van der Waals surface area contributed by atoms with Crippen LogP contribution in [-0.2, 0) is 16.0 Å². The van der Waals surface area contributed by atoms with E-state index in [4.69, 9.17) is 0 Å². The van der Waals surface area contributed by atoms with Crippen LogP contribution >= 0.6 is 0 Å². The average Bonchev–Trinajstić information content (AvgIpc) is 2.60. The molecule has 0 saturated carbocycles. The molecule has 4 nitrogen and oxygen atoms in total. The Morgan fingerprint density at radius 1 is 1.04 bits per heavy atom. The van der Waals surface area contributed by atoms with Crippen LogP contribution in [-0.4, -0.2) is 30.3 Å². The highest BCUT2D eigenvalue weighted by atomic mass is 16.2. The van der Waals surface area contributed by atoms with Crippen LogP contribution in [0.1, 0.15) is 29.7 Å². The lowest BCUT2D eigenvalue weighted by molar-refractivity contribution is -0.133. The molecule has 1 N–H and O–H groups in total. The summed E-state index contributed by atoms with van der Waals surface area (Å²) in [6.07, 6.45) is 0.283. The van der Waals surface area contributed by atoms with E-state index in [-0.39, 0.29) is 30.8 Å². The van der Waals surface area contributed by atoms with Crippen molar-refractivity contribution in [3.63, 3.8) is 0 Å². The largest absolute Gasteiger partial charge is 0.347 e. The number of hydrogen-bond acceptors (Lipinski definition) is 2. The molecule has 2 rings (SSSR count). The van der Waals surface area contributed by atoms with Gasteiger partial charge in [0, 0.05) is 7.05 Å². The molecule has 126 valence electrons. The van der Waals surface area contributed by atoms with Gasteiger partial charge in [-0.2, -0.15) is 0 Å². The molecule has 1 atom stereocenters. The summed E-state index contributed by atoms with van der Waals surface area (Å²) in [7, 11) is 1.76. The molecule has 0 aromatic heterocycles. The number of carbonyl (C=O) groups is 2. The number of hydrogen-bond donors (Lipinski definition) is 1. The SMILES string of the molecule is Cc1ccc(C(C)N(C)C(=O)CNC(=O)Cc2ccccc2)cc1. The third-order valence-electron chi connectivity index (χ3n) is 4.18. The first kappa shape index (κ1) is 17.7. The highest BCUT2D eigenvalue weighted by Crippen LogP contribution is 2.19. The molecule has 1 unspecified atom stereocenters. The Bertz CT molecular complexity index is 681. The summed E-state index contributed by atoms with van der Waals surface area (Å²) in [6.45, 7) is 4.03. The second-order valence-corrected chi connectivity index (χ2v) is 6.03. The van der Waals surface area contributed by atoms with Gasteiger partial charge in [-0.05, 0) is 25.0 Å². The van der Waals surface area contributed by atoms with Crippen LogP contribution in [0.4, 0.5) is 0 Å². The Kier molecular flexibility index (Phi) is 6.13. The van der Waals surface area contributed by atoms with Gasteiger partial charge in [0.05, 0.1) is 19.0 Å². The van der Waals surface area contributed by atoms with Crippen LogP contribution in [0.2, 0.25) is 0 Å². The second-order valence-electron chi connectivity index (χ2n) is 6.03. The van der Waals surface area contributed by atoms with Crippen molar-refractivity contribution in [2.24, 2.45) is 0 Å². The number of carbonyl (C=O) groups excluding carboxylic acids is 2. The predicted molar refractivity (Wildman–Crippen MR) is 95.5 cm³/mol. The zero-order chi connectivity index (χ0) is 17.5. The summed E-state index contributed by atoms with van der Waals surface area (Å²) in [4.78, 5) is 25.9. The van der Waals surface area contributed by atoms with E-state index in [1.165, 1.54) is 5.56 Å². The van der Waals surface area contributed by atoms with Crippen LogP contribution in [0, 0.1) is 6.92 Å². The first-order valence-corrected chi connectivity index (χ1v) is 8.10. The van der Waals surface area contributed by atoms with Crippen molar-refractivity contribution in [2.75, 3.05) is 13.6 Å². The molecule has 0 aliphatic heterocycles. The van der Waals surface area contributed by atoms with Gasteiger partial charge in [-0.15, -0.1) is 0 Å². The molecule has 2 aromatic rings. The van der Waals surface area contributed by atoms with Gasteiger partial charge in [0.15, 0.2) is 0 Å². The summed E-state index contributed by atoms with van der Waals surface area (Å²) in [5.74, 6) is -0.254. The summed E-state index contributed by atoms with van der Waals surface area (Å²) >= 11 is 0. The van der Waals surface area contributed by atoms with Crippen LogP contribution in [0.3, 0.4) is 0 Å². The lowest BCUT2D eigenvalue weighted by atomic mass is 10.1. The highest BCUT2D eigenvalue weighted by Gasteiger charge is 2.17. The minimum atomic E-state index is -0.147. The number of amides is 2. The topological polar surface area (TPSA) is 49.4 Å². The first-order valence-electron chi connectivity index (χ1n) is 8.10. The maximum atomic E-state index is 12.3. The molecular formula is C20H24N2O2. The third-order valence-corrected chi connectivity index (χ3v) is 4.18. The second kappa shape index (κ2) is 8.29. The number of benzene rings is 2. The number of rotatable bonds is 6. The third kappa shape index (κ3) is 4.95. The highest BCUT2D eigenvalue weighted by molar-refractivity contribution is 5.85. The van der Waals surface area contributed by atoms with Crippen molar-refractivity contribution in [3.8, 4) is 0 Å². The Labute approximate surface area is 143 Å². The maximum Gasteiger partial charge on any atom is 0.242 e.